The second-order valence-electron chi connectivity index (χ2n) is 2.62. The Bertz CT molecular complexity index is 159. The lowest BCUT2D eigenvalue weighted by molar-refractivity contribution is 1.02. The summed E-state index contributed by atoms with van der Waals surface area (Å²) in [5.74, 6) is 1.30. The van der Waals surface area contributed by atoms with E-state index in [9.17, 15) is 0 Å². The quantitative estimate of drug-likeness (QED) is 0.453. The van der Waals surface area contributed by atoms with E-state index in [0.29, 0.717) is 11.8 Å². The molecule has 0 bridgehead atoms. The van der Waals surface area contributed by atoms with Crippen LogP contribution in [0.4, 0.5) is 0 Å². The minimum atomic E-state index is 0.641. The lowest BCUT2D eigenvalue weighted by Crippen LogP contribution is -1.91. The van der Waals surface area contributed by atoms with Crippen LogP contribution in [0.2, 0.25) is 0 Å². The first-order valence-electron chi connectivity index (χ1n) is 4.25. The van der Waals surface area contributed by atoms with Crippen LogP contribution >= 0.6 is 23.2 Å². The Balaban J connectivity index is 4.09. The van der Waals surface area contributed by atoms with Gasteiger partial charge in [-0.05, 0) is 24.8 Å². The van der Waals surface area contributed by atoms with Gasteiger partial charge in [0.15, 0.2) is 0 Å². The van der Waals surface area contributed by atoms with Gasteiger partial charge in [0.1, 0.15) is 0 Å². The van der Waals surface area contributed by atoms with Crippen molar-refractivity contribution in [2.45, 2.75) is 26.2 Å². The third-order valence-corrected chi connectivity index (χ3v) is 2.04. The minimum absolute atomic E-state index is 0.641. The Morgan fingerprint density at radius 2 is 1.83 bits per heavy atom. The van der Waals surface area contributed by atoms with Gasteiger partial charge in [0.2, 0.25) is 0 Å². The molecule has 0 radical (unpaired) electrons. The first-order chi connectivity index (χ1) is 5.76. The molecule has 0 fully saturated rings. The number of hydrogen-bond donors (Lipinski definition) is 0. The predicted octanol–water partition coefficient (Wildman–Crippen LogP) is 4.14. The van der Waals surface area contributed by atoms with E-state index in [1.165, 1.54) is 5.57 Å². The van der Waals surface area contributed by atoms with Crippen LogP contribution in [-0.2, 0) is 0 Å². The first-order valence-corrected chi connectivity index (χ1v) is 5.32. The monoisotopic (exact) mass is 206 g/mol. The van der Waals surface area contributed by atoms with Gasteiger partial charge in [-0.3, -0.25) is 0 Å². The Hall–Kier alpha value is 0.0600. The highest BCUT2D eigenvalue weighted by atomic mass is 35.5. The molecule has 0 saturated heterocycles. The molecule has 0 aromatic rings. The van der Waals surface area contributed by atoms with Gasteiger partial charge < -0.3 is 0 Å². The van der Waals surface area contributed by atoms with Crippen LogP contribution in [0.3, 0.4) is 0 Å². The molecule has 0 atom stereocenters. The zero-order valence-corrected chi connectivity index (χ0v) is 9.09. The summed E-state index contributed by atoms with van der Waals surface area (Å²) in [4.78, 5) is 0. The zero-order chi connectivity index (χ0) is 9.40. The number of alkyl halides is 2. The maximum Gasteiger partial charge on any atom is 0.0263 e. The molecular weight excluding hydrogens is 191 g/mol. The van der Waals surface area contributed by atoms with Crippen LogP contribution in [0, 0.1) is 0 Å². The molecule has 12 heavy (non-hydrogen) atoms. The number of allylic oxidation sites excluding steroid dienone is 3. The molecular formula is C10H16Cl2. The van der Waals surface area contributed by atoms with E-state index in [2.05, 4.69) is 19.6 Å². The van der Waals surface area contributed by atoms with Crippen LogP contribution in [0.25, 0.3) is 0 Å². The van der Waals surface area contributed by atoms with Gasteiger partial charge >= 0.3 is 0 Å². The second kappa shape index (κ2) is 7.70. The predicted molar refractivity (Wildman–Crippen MR) is 58.2 cm³/mol. The number of hydrogen-bond acceptors (Lipinski definition) is 0. The van der Waals surface area contributed by atoms with Crippen LogP contribution in [0.15, 0.2) is 23.8 Å². The van der Waals surface area contributed by atoms with E-state index in [1.54, 1.807) is 0 Å². The fourth-order valence-electron chi connectivity index (χ4n) is 1.05. The summed E-state index contributed by atoms with van der Waals surface area (Å²) < 4.78 is 0. The zero-order valence-electron chi connectivity index (χ0n) is 7.58. The van der Waals surface area contributed by atoms with Gasteiger partial charge in [0, 0.05) is 11.8 Å². The van der Waals surface area contributed by atoms with E-state index in [0.717, 1.165) is 24.8 Å². The van der Waals surface area contributed by atoms with Crippen LogP contribution < -0.4 is 0 Å². The van der Waals surface area contributed by atoms with Crippen molar-refractivity contribution in [2.24, 2.45) is 0 Å². The molecule has 2 heteroatoms. The summed E-state index contributed by atoms with van der Waals surface area (Å²) in [6.45, 7) is 6.08. The Kier molecular flexibility index (Phi) is 7.73. The molecule has 0 aliphatic heterocycles. The number of halogens is 2. The average molecular weight is 207 g/mol. The Morgan fingerprint density at radius 1 is 1.25 bits per heavy atom. The fourth-order valence-corrected chi connectivity index (χ4v) is 1.48. The standard InChI is InChI=1S/C10H16Cl2/c1-3-4-10(6-8-12)9(2)5-7-11/h4H,2-3,5-8H2,1H3. The third-order valence-electron chi connectivity index (χ3n) is 1.66. The molecule has 0 aromatic carbocycles. The summed E-state index contributed by atoms with van der Waals surface area (Å²) >= 11 is 11.3. The smallest absolute Gasteiger partial charge is 0.0263 e. The van der Waals surface area contributed by atoms with Gasteiger partial charge in [-0.2, -0.15) is 0 Å². The molecule has 0 aromatic heterocycles. The van der Waals surface area contributed by atoms with Crippen molar-refractivity contribution in [1.29, 1.82) is 0 Å². The normalized spacial score (nSPS) is 11.8. The molecule has 0 N–H and O–H groups in total. The summed E-state index contributed by atoms with van der Waals surface area (Å²) in [6, 6.07) is 0. The molecule has 0 amide bonds. The van der Waals surface area contributed by atoms with Gasteiger partial charge in [0.25, 0.3) is 0 Å². The Labute approximate surface area is 85.3 Å². The Morgan fingerprint density at radius 3 is 2.25 bits per heavy atom. The SMILES string of the molecule is C=C(CCCl)C(=CCC)CCCl. The van der Waals surface area contributed by atoms with Gasteiger partial charge in [0.05, 0.1) is 0 Å². The maximum absolute atomic E-state index is 5.66. The first kappa shape index (κ1) is 12.1. The molecule has 0 unspecified atom stereocenters. The van der Waals surface area contributed by atoms with Crippen LogP contribution in [0.5, 0.6) is 0 Å². The van der Waals surface area contributed by atoms with E-state index >= 15 is 0 Å². The van der Waals surface area contributed by atoms with Crippen LogP contribution in [0.1, 0.15) is 26.2 Å². The van der Waals surface area contributed by atoms with E-state index in [-0.39, 0.29) is 0 Å². The van der Waals surface area contributed by atoms with E-state index in [4.69, 9.17) is 23.2 Å². The van der Waals surface area contributed by atoms with Crippen LogP contribution in [-0.4, -0.2) is 11.8 Å². The molecule has 70 valence electrons. The third kappa shape index (κ3) is 4.84. The summed E-state index contributed by atoms with van der Waals surface area (Å²) in [6.07, 6.45) is 4.99. The average Bonchev–Trinajstić information content (AvgIpc) is 2.04. The molecule has 0 heterocycles. The fraction of sp³-hybridized carbons (Fsp3) is 0.600. The van der Waals surface area contributed by atoms with E-state index in [1.807, 2.05) is 0 Å². The lowest BCUT2D eigenvalue weighted by atomic mass is 10.0. The van der Waals surface area contributed by atoms with Crippen molar-refractivity contribution in [3.05, 3.63) is 23.8 Å². The highest BCUT2D eigenvalue weighted by molar-refractivity contribution is 6.18. The maximum atomic E-state index is 5.66. The van der Waals surface area contributed by atoms with Crippen molar-refractivity contribution in [3.63, 3.8) is 0 Å². The van der Waals surface area contributed by atoms with E-state index < -0.39 is 0 Å². The summed E-state index contributed by atoms with van der Waals surface area (Å²) in [5, 5.41) is 0. The molecule has 0 saturated carbocycles. The number of rotatable bonds is 6. The lowest BCUT2D eigenvalue weighted by Gasteiger charge is -2.07. The highest BCUT2D eigenvalue weighted by Crippen LogP contribution is 2.17. The van der Waals surface area contributed by atoms with Crippen molar-refractivity contribution < 1.29 is 0 Å². The molecule has 0 aliphatic carbocycles. The topological polar surface area (TPSA) is 0 Å². The molecule has 0 spiro atoms. The van der Waals surface area contributed by atoms with Crippen molar-refractivity contribution >= 4 is 23.2 Å². The summed E-state index contributed by atoms with van der Waals surface area (Å²) in [5.41, 5.74) is 2.40. The van der Waals surface area contributed by atoms with Gasteiger partial charge in [-0.25, -0.2) is 0 Å². The second-order valence-corrected chi connectivity index (χ2v) is 3.38. The minimum Gasteiger partial charge on any atom is -0.126 e. The van der Waals surface area contributed by atoms with Crippen molar-refractivity contribution in [1.82, 2.24) is 0 Å². The van der Waals surface area contributed by atoms with Crippen molar-refractivity contribution in [3.8, 4) is 0 Å². The molecule has 0 nitrogen and oxygen atoms in total. The molecule has 0 aliphatic rings. The van der Waals surface area contributed by atoms with Crippen molar-refractivity contribution in [2.75, 3.05) is 11.8 Å². The summed E-state index contributed by atoms with van der Waals surface area (Å²) in [7, 11) is 0. The highest BCUT2D eigenvalue weighted by Gasteiger charge is 2.00. The largest absolute Gasteiger partial charge is 0.126 e. The molecule has 0 rings (SSSR count). The van der Waals surface area contributed by atoms with Gasteiger partial charge in [-0.15, -0.1) is 23.2 Å². The van der Waals surface area contributed by atoms with Gasteiger partial charge in [-0.1, -0.05) is 25.2 Å².